The van der Waals surface area contributed by atoms with Gasteiger partial charge < -0.3 is 16.2 Å². The number of pyridine rings is 2. The lowest BCUT2D eigenvalue weighted by atomic mass is 9.96. The standard InChI is InChI=1S/C30H27N5O/c1-18-13-25-24(11-12-32-30(25)31)19(2)26(18)15-33-23-9-10-28-34-16-27(35(28)17-23)29(36)22-8-7-20-5-3-4-6-21(20)14-22/h3-14,16-17,29,33,36H,15H2,1-2H3,(H2,31,32). The maximum absolute atomic E-state index is 11.2. The molecule has 0 fully saturated rings. The summed E-state index contributed by atoms with van der Waals surface area (Å²) >= 11 is 0. The number of fused-ring (bicyclic) bond motifs is 3. The largest absolute Gasteiger partial charge is 0.383 e. The van der Waals surface area contributed by atoms with Gasteiger partial charge in [0.05, 0.1) is 17.6 Å². The number of nitrogen functional groups attached to an aromatic ring is 1. The maximum atomic E-state index is 11.2. The molecule has 0 radical (unpaired) electrons. The number of aromatic nitrogens is 3. The van der Waals surface area contributed by atoms with Crippen LogP contribution in [0.15, 0.2) is 85.3 Å². The summed E-state index contributed by atoms with van der Waals surface area (Å²) in [4.78, 5) is 8.74. The minimum absolute atomic E-state index is 0.557. The highest BCUT2D eigenvalue weighted by molar-refractivity contribution is 5.94. The van der Waals surface area contributed by atoms with Crippen molar-refractivity contribution in [1.82, 2.24) is 14.4 Å². The van der Waals surface area contributed by atoms with Crippen LogP contribution in [0.4, 0.5) is 11.5 Å². The van der Waals surface area contributed by atoms with Crippen LogP contribution in [-0.4, -0.2) is 19.5 Å². The van der Waals surface area contributed by atoms with Gasteiger partial charge in [-0.15, -0.1) is 0 Å². The van der Waals surface area contributed by atoms with Crippen LogP contribution in [0.1, 0.15) is 34.1 Å². The predicted molar refractivity (Wildman–Crippen MR) is 146 cm³/mol. The van der Waals surface area contributed by atoms with Gasteiger partial charge in [0.2, 0.25) is 0 Å². The zero-order valence-corrected chi connectivity index (χ0v) is 20.2. The molecule has 0 saturated carbocycles. The summed E-state index contributed by atoms with van der Waals surface area (Å²) in [6.45, 7) is 4.90. The molecule has 3 aromatic carbocycles. The first-order valence-corrected chi connectivity index (χ1v) is 12.0. The average molecular weight is 474 g/mol. The van der Waals surface area contributed by atoms with E-state index >= 15 is 0 Å². The summed E-state index contributed by atoms with van der Waals surface area (Å²) < 4.78 is 1.95. The molecular formula is C30H27N5O. The van der Waals surface area contributed by atoms with Gasteiger partial charge in [0.25, 0.3) is 0 Å². The van der Waals surface area contributed by atoms with Gasteiger partial charge in [0.15, 0.2) is 0 Å². The molecule has 0 aliphatic carbocycles. The number of benzene rings is 3. The second-order valence-corrected chi connectivity index (χ2v) is 9.28. The van der Waals surface area contributed by atoms with Crippen LogP contribution in [-0.2, 0) is 6.54 Å². The second-order valence-electron chi connectivity index (χ2n) is 9.28. The van der Waals surface area contributed by atoms with Crippen LogP contribution in [0.3, 0.4) is 0 Å². The number of hydrogen-bond donors (Lipinski definition) is 3. The molecule has 0 bridgehead atoms. The Labute approximate surface area is 209 Å². The molecule has 6 heteroatoms. The van der Waals surface area contributed by atoms with Crippen molar-refractivity contribution in [2.75, 3.05) is 11.1 Å². The van der Waals surface area contributed by atoms with E-state index < -0.39 is 6.10 Å². The van der Waals surface area contributed by atoms with Crippen LogP contribution >= 0.6 is 0 Å². The molecule has 6 rings (SSSR count). The molecule has 0 amide bonds. The molecule has 36 heavy (non-hydrogen) atoms. The van der Waals surface area contributed by atoms with Crippen LogP contribution in [0.25, 0.3) is 27.2 Å². The molecule has 0 aliphatic heterocycles. The summed E-state index contributed by atoms with van der Waals surface area (Å²) in [7, 11) is 0. The smallest absolute Gasteiger partial charge is 0.137 e. The third-order valence-corrected chi connectivity index (χ3v) is 7.09. The highest BCUT2D eigenvalue weighted by Gasteiger charge is 2.17. The molecule has 6 aromatic rings. The van der Waals surface area contributed by atoms with Gasteiger partial charge in [0.1, 0.15) is 17.6 Å². The molecular weight excluding hydrogens is 446 g/mol. The van der Waals surface area contributed by atoms with Gasteiger partial charge in [-0.3, -0.25) is 4.40 Å². The summed E-state index contributed by atoms with van der Waals surface area (Å²) in [6.07, 6.45) is 4.71. The van der Waals surface area contributed by atoms with E-state index in [1.165, 1.54) is 16.7 Å². The van der Waals surface area contributed by atoms with E-state index in [1.807, 2.05) is 59.1 Å². The summed E-state index contributed by atoms with van der Waals surface area (Å²) in [5, 5.41) is 19.2. The first-order chi connectivity index (χ1) is 17.5. The van der Waals surface area contributed by atoms with Gasteiger partial charge in [-0.1, -0.05) is 36.4 Å². The molecule has 0 saturated heterocycles. The number of aliphatic hydroxyl groups excluding tert-OH is 1. The van der Waals surface area contributed by atoms with Gasteiger partial charge in [-0.25, -0.2) is 9.97 Å². The van der Waals surface area contributed by atoms with Gasteiger partial charge in [-0.2, -0.15) is 0 Å². The fourth-order valence-electron chi connectivity index (χ4n) is 5.05. The van der Waals surface area contributed by atoms with Crippen molar-refractivity contribution in [2.45, 2.75) is 26.5 Å². The quantitative estimate of drug-likeness (QED) is 0.289. The monoisotopic (exact) mass is 473 g/mol. The highest BCUT2D eigenvalue weighted by Crippen LogP contribution is 2.30. The number of nitrogens with zero attached hydrogens (tertiary/aromatic N) is 3. The minimum Gasteiger partial charge on any atom is -0.383 e. The molecule has 3 aromatic heterocycles. The molecule has 4 N–H and O–H groups in total. The van der Waals surface area contributed by atoms with E-state index in [1.54, 1.807) is 12.4 Å². The molecule has 0 spiro atoms. The van der Waals surface area contributed by atoms with Crippen LogP contribution < -0.4 is 11.1 Å². The van der Waals surface area contributed by atoms with E-state index in [0.717, 1.165) is 44.1 Å². The Bertz CT molecular complexity index is 1750. The number of nitrogens with two attached hydrogens (primary N) is 1. The van der Waals surface area contributed by atoms with Crippen LogP contribution in [0, 0.1) is 13.8 Å². The third kappa shape index (κ3) is 3.72. The van der Waals surface area contributed by atoms with Gasteiger partial charge in [0, 0.05) is 24.3 Å². The first kappa shape index (κ1) is 22.1. The van der Waals surface area contributed by atoms with Gasteiger partial charge in [-0.05, 0) is 82.6 Å². The lowest BCUT2D eigenvalue weighted by Gasteiger charge is -2.16. The molecule has 3 heterocycles. The summed E-state index contributed by atoms with van der Waals surface area (Å²) in [6, 6.07) is 22.3. The first-order valence-electron chi connectivity index (χ1n) is 12.0. The zero-order chi connectivity index (χ0) is 24.8. The Morgan fingerprint density at radius 2 is 1.78 bits per heavy atom. The van der Waals surface area contributed by atoms with Crippen molar-refractivity contribution < 1.29 is 5.11 Å². The van der Waals surface area contributed by atoms with Crippen molar-refractivity contribution in [1.29, 1.82) is 0 Å². The number of imidazole rings is 1. The molecule has 178 valence electrons. The van der Waals surface area contributed by atoms with E-state index in [9.17, 15) is 5.11 Å². The Hall–Kier alpha value is -4.42. The molecule has 1 unspecified atom stereocenters. The van der Waals surface area contributed by atoms with Crippen LogP contribution in [0.5, 0.6) is 0 Å². The highest BCUT2D eigenvalue weighted by atomic mass is 16.3. The second kappa shape index (κ2) is 8.66. The Morgan fingerprint density at radius 1 is 0.944 bits per heavy atom. The number of rotatable bonds is 5. The van der Waals surface area contributed by atoms with Crippen molar-refractivity contribution in [3.63, 3.8) is 0 Å². The summed E-state index contributed by atoms with van der Waals surface area (Å²) in [5.74, 6) is 0.557. The number of anilines is 2. The van der Waals surface area contributed by atoms with Crippen LogP contribution in [0.2, 0.25) is 0 Å². The normalized spacial score (nSPS) is 12.4. The van der Waals surface area contributed by atoms with Crippen molar-refractivity contribution in [2.24, 2.45) is 0 Å². The minimum atomic E-state index is -0.788. The average Bonchev–Trinajstić information content (AvgIpc) is 3.32. The Morgan fingerprint density at radius 3 is 2.64 bits per heavy atom. The fraction of sp³-hybridized carbons (Fsp3) is 0.133. The lowest BCUT2D eigenvalue weighted by molar-refractivity contribution is 0.214. The maximum Gasteiger partial charge on any atom is 0.137 e. The van der Waals surface area contributed by atoms with Crippen molar-refractivity contribution >= 4 is 38.7 Å². The zero-order valence-electron chi connectivity index (χ0n) is 20.2. The fourth-order valence-corrected chi connectivity index (χ4v) is 5.05. The number of hydrogen-bond acceptors (Lipinski definition) is 5. The summed E-state index contributed by atoms with van der Waals surface area (Å²) in [5.41, 5.74) is 13.0. The van der Waals surface area contributed by atoms with E-state index in [2.05, 4.69) is 47.3 Å². The van der Waals surface area contributed by atoms with E-state index in [4.69, 9.17) is 5.73 Å². The number of nitrogens with one attached hydrogen (secondary N) is 1. The van der Waals surface area contributed by atoms with Crippen molar-refractivity contribution in [3.05, 3.63) is 113 Å². The number of aliphatic hydroxyl groups is 1. The topological polar surface area (TPSA) is 88.5 Å². The molecule has 0 aliphatic rings. The molecule has 1 atom stereocenters. The van der Waals surface area contributed by atoms with E-state index in [-0.39, 0.29) is 0 Å². The molecule has 6 nitrogen and oxygen atoms in total. The Balaban J connectivity index is 1.31. The van der Waals surface area contributed by atoms with Crippen molar-refractivity contribution in [3.8, 4) is 0 Å². The van der Waals surface area contributed by atoms with E-state index in [0.29, 0.717) is 12.4 Å². The predicted octanol–water partition coefficient (Wildman–Crippen LogP) is 5.93. The Kier molecular flexibility index (Phi) is 5.31. The van der Waals surface area contributed by atoms with Gasteiger partial charge >= 0.3 is 0 Å². The SMILES string of the molecule is Cc1cc2c(N)nccc2c(C)c1CNc1ccc2ncc(C(O)c3ccc4ccccc4c3)n2c1. The third-order valence-electron chi connectivity index (χ3n) is 7.09. The lowest BCUT2D eigenvalue weighted by Crippen LogP contribution is -2.07. The number of aryl methyl sites for hydroxylation is 2.